The molecule has 0 spiro atoms. The van der Waals surface area contributed by atoms with Crippen molar-refractivity contribution in [1.29, 1.82) is 0 Å². The number of benzene rings is 2. The van der Waals surface area contributed by atoms with Crippen molar-refractivity contribution >= 4 is 11.6 Å². The monoisotopic (exact) mass is 269 g/mol. The Kier molecular flexibility index (Phi) is 4.41. The molecule has 2 aromatic carbocycles. The molecule has 20 heavy (non-hydrogen) atoms. The van der Waals surface area contributed by atoms with Gasteiger partial charge in [0.05, 0.1) is 12.2 Å². The summed E-state index contributed by atoms with van der Waals surface area (Å²) >= 11 is 0. The van der Waals surface area contributed by atoms with Crippen LogP contribution in [0.15, 0.2) is 42.5 Å². The van der Waals surface area contributed by atoms with Gasteiger partial charge in [0.25, 0.3) is 5.91 Å². The molecule has 0 unspecified atom stereocenters. The number of amides is 1. The number of para-hydroxylation sites is 1. The molecule has 0 bridgehead atoms. The minimum Gasteiger partial charge on any atom is -0.493 e. The normalized spacial score (nSPS) is 10.2. The first-order valence-electron chi connectivity index (χ1n) is 6.72. The van der Waals surface area contributed by atoms with E-state index in [0.717, 1.165) is 11.3 Å². The van der Waals surface area contributed by atoms with E-state index in [9.17, 15) is 4.79 Å². The topological polar surface area (TPSA) is 38.3 Å². The third-order valence-corrected chi connectivity index (χ3v) is 3.06. The van der Waals surface area contributed by atoms with Gasteiger partial charge in [-0.1, -0.05) is 29.8 Å². The van der Waals surface area contributed by atoms with E-state index in [4.69, 9.17) is 4.74 Å². The predicted molar refractivity (Wildman–Crippen MR) is 81.5 cm³/mol. The molecule has 0 aliphatic heterocycles. The quantitative estimate of drug-likeness (QED) is 0.912. The van der Waals surface area contributed by atoms with Crippen LogP contribution in [0.3, 0.4) is 0 Å². The molecule has 0 aliphatic rings. The summed E-state index contributed by atoms with van der Waals surface area (Å²) in [5.41, 5.74) is 3.60. The maximum atomic E-state index is 12.4. The number of carbonyl (C=O) groups excluding carboxylic acids is 1. The summed E-state index contributed by atoms with van der Waals surface area (Å²) in [6, 6.07) is 13.2. The number of hydrogen-bond acceptors (Lipinski definition) is 2. The first-order valence-corrected chi connectivity index (χ1v) is 6.72. The first kappa shape index (κ1) is 14.1. The van der Waals surface area contributed by atoms with Gasteiger partial charge in [-0.3, -0.25) is 4.79 Å². The summed E-state index contributed by atoms with van der Waals surface area (Å²) < 4.78 is 5.48. The molecule has 0 aromatic heterocycles. The minimum atomic E-state index is -0.152. The number of anilines is 1. The van der Waals surface area contributed by atoms with E-state index in [0.29, 0.717) is 17.9 Å². The van der Waals surface area contributed by atoms with Crippen LogP contribution in [0.2, 0.25) is 0 Å². The highest BCUT2D eigenvalue weighted by molar-refractivity contribution is 6.06. The van der Waals surface area contributed by atoms with E-state index >= 15 is 0 Å². The average molecular weight is 269 g/mol. The Balaban J connectivity index is 2.24. The van der Waals surface area contributed by atoms with Gasteiger partial charge in [-0.2, -0.15) is 0 Å². The van der Waals surface area contributed by atoms with E-state index < -0.39 is 0 Å². The molecular formula is C17H19NO2. The number of nitrogens with one attached hydrogen (secondary N) is 1. The summed E-state index contributed by atoms with van der Waals surface area (Å²) in [6.07, 6.45) is 0. The molecule has 1 amide bonds. The van der Waals surface area contributed by atoms with Gasteiger partial charge in [-0.05, 0) is 44.5 Å². The highest BCUT2D eigenvalue weighted by atomic mass is 16.5. The standard InChI is InChI=1S/C17H19NO2/c1-4-20-16-8-6-5-7-14(16)17(19)18-15-10-9-12(2)11-13(15)3/h5-11H,4H2,1-3H3,(H,18,19). The predicted octanol–water partition coefficient (Wildman–Crippen LogP) is 3.95. The van der Waals surface area contributed by atoms with Gasteiger partial charge in [0, 0.05) is 5.69 Å². The zero-order valence-corrected chi connectivity index (χ0v) is 12.1. The van der Waals surface area contributed by atoms with Gasteiger partial charge in [0.15, 0.2) is 0 Å². The second-order valence-electron chi connectivity index (χ2n) is 4.70. The van der Waals surface area contributed by atoms with E-state index in [2.05, 4.69) is 5.32 Å². The summed E-state index contributed by atoms with van der Waals surface area (Å²) in [5, 5.41) is 2.93. The summed E-state index contributed by atoms with van der Waals surface area (Å²) in [7, 11) is 0. The number of rotatable bonds is 4. The van der Waals surface area contributed by atoms with Crippen LogP contribution in [0.1, 0.15) is 28.4 Å². The third-order valence-electron chi connectivity index (χ3n) is 3.06. The zero-order valence-electron chi connectivity index (χ0n) is 12.1. The second kappa shape index (κ2) is 6.24. The van der Waals surface area contributed by atoms with Crippen molar-refractivity contribution in [2.24, 2.45) is 0 Å². The zero-order chi connectivity index (χ0) is 14.5. The molecule has 1 N–H and O–H groups in total. The summed E-state index contributed by atoms with van der Waals surface area (Å²) in [4.78, 5) is 12.4. The second-order valence-corrected chi connectivity index (χ2v) is 4.70. The fraction of sp³-hybridized carbons (Fsp3) is 0.235. The van der Waals surface area contributed by atoms with E-state index in [-0.39, 0.29) is 5.91 Å². The molecule has 0 aliphatic carbocycles. The van der Waals surface area contributed by atoms with Gasteiger partial charge in [0.2, 0.25) is 0 Å². The van der Waals surface area contributed by atoms with Crippen molar-refractivity contribution in [3.63, 3.8) is 0 Å². The lowest BCUT2D eigenvalue weighted by Crippen LogP contribution is -2.14. The van der Waals surface area contributed by atoms with Crippen molar-refractivity contribution in [1.82, 2.24) is 0 Å². The highest BCUT2D eigenvalue weighted by Gasteiger charge is 2.12. The molecule has 104 valence electrons. The largest absolute Gasteiger partial charge is 0.493 e. The fourth-order valence-electron chi connectivity index (χ4n) is 2.08. The fourth-order valence-corrected chi connectivity index (χ4v) is 2.08. The number of ether oxygens (including phenoxy) is 1. The van der Waals surface area contributed by atoms with Crippen LogP contribution in [0.5, 0.6) is 5.75 Å². The van der Waals surface area contributed by atoms with Crippen LogP contribution in [0, 0.1) is 13.8 Å². The Bertz CT molecular complexity index is 620. The molecule has 0 fully saturated rings. The van der Waals surface area contributed by atoms with Gasteiger partial charge in [-0.15, -0.1) is 0 Å². The first-order chi connectivity index (χ1) is 9.61. The maximum Gasteiger partial charge on any atom is 0.259 e. The molecular weight excluding hydrogens is 250 g/mol. The van der Waals surface area contributed by atoms with Gasteiger partial charge in [0.1, 0.15) is 5.75 Å². The molecule has 0 saturated carbocycles. The van der Waals surface area contributed by atoms with Crippen molar-refractivity contribution < 1.29 is 9.53 Å². The van der Waals surface area contributed by atoms with Crippen molar-refractivity contribution in [3.8, 4) is 5.75 Å². The van der Waals surface area contributed by atoms with E-state index in [1.165, 1.54) is 5.56 Å². The van der Waals surface area contributed by atoms with Crippen molar-refractivity contribution in [2.75, 3.05) is 11.9 Å². The number of hydrogen-bond donors (Lipinski definition) is 1. The molecule has 0 saturated heterocycles. The van der Waals surface area contributed by atoms with Crippen LogP contribution >= 0.6 is 0 Å². The minimum absolute atomic E-state index is 0.152. The molecule has 2 aromatic rings. The van der Waals surface area contributed by atoms with Gasteiger partial charge >= 0.3 is 0 Å². The lowest BCUT2D eigenvalue weighted by Gasteiger charge is -2.12. The van der Waals surface area contributed by atoms with Crippen molar-refractivity contribution in [2.45, 2.75) is 20.8 Å². The van der Waals surface area contributed by atoms with Crippen LogP contribution < -0.4 is 10.1 Å². The van der Waals surface area contributed by atoms with E-state index in [1.807, 2.05) is 51.1 Å². The SMILES string of the molecule is CCOc1ccccc1C(=O)Nc1ccc(C)cc1C. The summed E-state index contributed by atoms with van der Waals surface area (Å²) in [6.45, 7) is 6.45. The van der Waals surface area contributed by atoms with E-state index in [1.54, 1.807) is 12.1 Å². The lowest BCUT2D eigenvalue weighted by molar-refractivity contribution is 0.102. The van der Waals surface area contributed by atoms with Crippen LogP contribution in [0.4, 0.5) is 5.69 Å². The average Bonchev–Trinajstić information content (AvgIpc) is 2.43. The lowest BCUT2D eigenvalue weighted by atomic mass is 10.1. The third kappa shape index (κ3) is 3.18. The Labute approximate surface area is 119 Å². The molecule has 3 heteroatoms. The molecule has 2 rings (SSSR count). The number of carbonyl (C=O) groups is 1. The molecule has 3 nitrogen and oxygen atoms in total. The molecule has 0 atom stereocenters. The maximum absolute atomic E-state index is 12.4. The van der Waals surface area contributed by atoms with Crippen LogP contribution in [-0.2, 0) is 0 Å². The Hall–Kier alpha value is -2.29. The number of aryl methyl sites for hydroxylation is 2. The highest BCUT2D eigenvalue weighted by Crippen LogP contribution is 2.21. The molecule has 0 heterocycles. The van der Waals surface area contributed by atoms with Crippen molar-refractivity contribution in [3.05, 3.63) is 59.2 Å². The summed E-state index contributed by atoms with van der Waals surface area (Å²) in [5.74, 6) is 0.457. The Morgan fingerprint density at radius 2 is 1.90 bits per heavy atom. The Morgan fingerprint density at radius 1 is 1.15 bits per heavy atom. The molecule has 0 radical (unpaired) electrons. The van der Waals surface area contributed by atoms with Gasteiger partial charge < -0.3 is 10.1 Å². The van der Waals surface area contributed by atoms with Gasteiger partial charge in [-0.25, -0.2) is 0 Å². The van der Waals surface area contributed by atoms with Crippen LogP contribution in [-0.4, -0.2) is 12.5 Å². The smallest absolute Gasteiger partial charge is 0.259 e. The Morgan fingerprint density at radius 3 is 2.60 bits per heavy atom. The van der Waals surface area contributed by atoms with Crippen LogP contribution in [0.25, 0.3) is 0 Å².